The Hall–Kier alpha value is -0.610. The fraction of sp³-hybridized carbons (Fsp3) is 0.833. The summed E-state index contributed by atoms with van der Waals surface area (Å²) in [6.45, 7) is 3.29. The highest BCUT2D eigenvalue weighted by atomic mass is 16.3. The van der Waals surface area contributed by atoms with Crippen LogP contribution in [0.1, 0.15) is 6.92 Å². The molecule has 0 rings (SSSR count). The normalized spacial score (nSPS) is 12.6. The van der Waals surface area contributed by atoms with Crippen LogP contribution in [0.4, 0.5) is 0 Å². The SMILES string of the molecule is CC(CNCCO)NC=O. The molecule has 1 atom stereocenters. The second-order valence-electron chi connectivity index (χ2n) is 2.11. The maximum atomic E-state index is 9.86. The van der Waals surface area contributed by atoms with Gasteiger partial charge in [-0.1, -0.05) is 0 Å². The summed E-state index contributed by atoms with van der Waals surface area (Å²) >= 11 is 0. The number of carbonyl (C=O) groups excluding carboxylic acids is 1. The van der Waals surface area contributed by atoms with Crippen molar-refractivity contribution in [3.8, 4) is 0 Å². The molecule has 0 bridgehead atoms. The molecule has 0 radical (unpaired) electrons. The van der Waals surface area contributed by atoms with Crippen LogP contribution in [0.3, 0.4) is 0 Å². The number of carbonyl (C=O) groups is 1. The van der Waals surface area contributed by atoms with Gasteiger partial charge in [-0.2, -0.15) is 0 Å². The zero-order valence-corrected chi connectivity index (χ0v) is 6.13. The summed E-state index contributed by atoms with van der Waals surface area (Å²) in [7, 11) is 0. The number of amides is 1. The molecule has 0 aromatic carbocycles. The number of nitrogens with one attached hydrogen (secondary N) is 2. The van der Waals surface area contributed by atoms with Crippen LogP contribution in [-0.4, -0.2) is 37.3 Å². The van der Waals surface area contributed by atoms with Crippen molar-refractivity contribution in [3.05, 3.63) is 0 Å². The molecule has 1 amide bonds. The summed E-state index contributed by atoms with van der Waals surface area (Å²) in [5, 5.41) is 13.9. The number of aliphatic hydroxyl groups is 1. The zero-order valence-electron chi connectivity index (χ0n) is 6.13. The van der Waals surface area contributed by atoms with Crippen molar-refractivity contribution < 1.29 is 9.90 Å². The zero-order chi connectivity index (χ0) is 7.82. The molecule has 0 aliphatic heterocycles. The minimum Gasteiger partial charge on any atom is -0.395 e. The first-order valence-electron chi connectivity index (χ1n) is 3.32. The highest BCUT2D eigenvalue weighted by molar-refractivity contribution is 5.46. The lowest BCUT2D eigenvalue weighted by Crippen LogP contribution is -2.36. The van der Waals surface area contributed by atoms with E-state index >= 15 is 0 Å². The third kappa shape index (κ3) is 5.53. The van der Waals surface area contributed by atoms with Gasteiger partial charge < -0.3 is 15.7 Å². The molecule has 0 fully saturated rings. The van der Waals surface area contributed by atoms with Crippen molar-refractivity contribution >= 4 is 6.41 Å². The van der Waals surface area contributed by atoms with E-state index < -0.39 is 0 Å². The quantitative estimate of drug-likeness (QED) is 0.322. The van der Waals surface area contributed by atoms with Crippen LogP contribution in [0.15, 0.2) is 0 Å². The average Bonchev–Trinajstić information content (AvgIpc) is 1.89. The Morgan fingerprint density at radius 3 is 2.90 bits per heavy atom. The molecule has 1 unspecified atom stereocenters. The number of hydrogen-bond acceptors (Lipinski definition) is 3. The highest BCUT2D eigenvalue weighted by Gasteiger charge is 1.95. The Labute approximate surface area is 60.6 Å². The summed E-state index contributed by atoms with van der Waals surface area (Å²) in [4.78, 5) is 9.86. The molecule has 0 aliphatic rings. The molecular weight excluding hydrogens is 132 g/mol. The summed E-state index contributed by atoms with van der Waals surface area (Å²) in [5.41, 5.74) is 0. The van der Waals surface area contributed by atoms with Crippen LogP contribution in [0.25, 0.3) is 0 Å². The average molecular weight is 146 g/mol. The van der Waals surface area contributed by atoms with E-state index in [2.05, 4.69) is 10.6 Å². The maximum Gasteiger partial charge on any atom is 0.207 e. The predicted molar refractivity (Wildman–Crippen MR) is 38.6 cm³/mol. The van der Waals surface area contributed by atoms with Crippen molar-refractivity contribution in [1.82, 2.24) is 10.6 Å². The molecule has 60 valence electrons. The molecule has 0 aromatic rings. The lowest BCUT2D eigenvalue weighted by molar-refractivity contribution is -0.110. The van der Waals surface area contributed by atoms with Crippen LogP contribution in [0.2, 0.25) is 0 Å². The molecule has 4 heteroatoms. The Bertz CT molecular complexity index is 87.8. The van der Waals surface area contributed by atoms with Crippen LogP contribution >= 0.6 is 0 Å². The predicted octanol–water partition coefficient (Wildman–Crippen LogP) is -1.30. The second-order valence-corrected chi connectivity index (χ2v) is 2.11. The number of hydrogen-bond donors (Lipinski definition) is 3. The minimum absolute atomic E-state index is 0.129. The van der Waals surface area contributed by atoms with Gasteiger partial charge in [0.1, 0.15) is 0 Å². The van der Waals surface area contributed by atoms with Crippen molar-refractivity contribution in [3.63, 3.8) is 0 Å². The number of rotatable bonds is 6. The van der Waals surface area contributed by atoms with E-state index in [0.717, 1.165) is 0 Å². The first kappa shape index (κ1) is 9.39. The molecular formula is C6H14N2O2. The molecule has 4 nitrogen and oxygen atoms in total. The van der Waals surface area contributed by atoms with Crippen molar-refractivity contribution in [2.75, 3.05) is 19.7 Å². The molecule has 0 aliphatic carbocycles. The van der Waals surface area contributed by atoms with Crippen molar-refractivity contribution in [2.45, 2.75) is 13.0 Å². The van der Waals surface area contributed by atoms with Gasteiger partial charge in [-0.25, -0.2) is 0 Å². The molecule has 0 heterocycles. The molecule has 10 heavy (non-hydrogen) atoms. The van der Waals surface area contributed by atoms with Gasteiger partial charge >= 0.3 is 0 Å². The summed E-state index contributed by atoms with van der Waals surface area (Å²) < 4.78 is 0. The topological polar surface area (TPSA) is 61.4 Å². The van der Waals surface area contributed by atoms with E-state index in [9.17, 15) is 4.79 Å². The largest absolute Gasteiger partial charge is 0.395 e. The second kappa shape index (κ2) is 6.51. The van der Waals surface area contributed by atoms with Gasteiger partial charge in [-0.05, 0) is 6.92 Å². The first-order chi connectivity index (χ1) is 4.81. The summed E-state index contributed by atoms with van der Waals surface area (Å²) in [6.07, 6.45) is 0.672. The minimum atomic E-state index is 0.129. The van der Waals surface area contributed by atoms with Crippen molar-refractivity contribution in [1.29, 1.82) is 0 Å². The van der Waals surface area contributed by atoms with Gasteiger partial charge in [-0.15, -0.1) is 0 Å². The smallest absolute Gasteiger partial charge is 0.207 e. The Balaban J connectivity index is 3.04. The fourth-order valence-corrected chi connectivity index (χ4v) is 0.573. The van der Waals surface area contributed by atoms with E-state index in [1.807, 2.05) is 6.92 Å². The molecule has 0 spiro atoms. The van der Waals surface area contributed by atoms with E-state index in [0.29, 0.717) is 19.5 Å². The highest BCUT2D eigenvalue weighted by Crippen LogP contribution is 1.73. The van der Waals surface area contributed by atoms with E-state index in [1.165, 1.54) is 0 Å². The van der Waals surface area contributed by atoms with Crippen LogP contribution in [-0.2, 0) is 4.79 Å². The fourth-order valence-electron chi connectivity index (χ4n) is 0.573. The van der Waals surface area contributed by atoms with Crippen LogP contribution in [0, 0.1) is 0 Å². The van der Waals surface area contributed by atoms with Gasteiger partial charge in [0.25, 0.3) is 0 Å². The van der Waals surface area contributed by atoms with Crippen LogP contribution in [0.5, 0.6) is 0 Å². The van der Waals surface area contributed by atoms with Crippen LogP contribution < -0.4 is 10.6 Å². The van der Waals surface area contributed by atoms with Gasteiger partial charge in [0.2, 0.25) is 6.41 Å². The van der Waals surface area contributed by atoms with Gasteiger partial charge in [0, 0.05) is 19.1 Å². The molecule has 0 saturated carbocycles. The monoisotopic (exact) mass is 146 g/mol. The van der Waals surface area contributed by atoms with Gasteiger partial charge in [0.05, 0.1) is 6.61 Å². The molecule has 0 aromatic heterocycles. The first-order valence-corrected chi connectivity index (χ1v) is 3.32. The molecule has 0 saturated heterocycles. The third-order valence-corrected chi connectivity index (χ3v) is 1.09. The summed E-state index contributed by atoms with van der Waals surface area (Å²) in [5.74, 6) is 0. The van der Waals surface area contributed by atoms with Gasteiger partial charge in [-0.3, -0.25) is 4.79 Å². The summed E-state index contributed by atoms with van der Waals surface area (Å²) in [6, 6.07) is 0.129. The Morgan fingerprint density at radius 2 is 2.40 bits per heavy atom. The lowest BCUT2D eigenvalue weighted by atomic mass is 10.3. The van der Waals surface area contributed by atoms with Gasteiger partial charge in [0.15, 0.2) is 0 Å². The third-order valence-electron chi connectivity index (χ3n) is 1.09. The molecule has 3 N–H and O–H groups in total. The van der Waals surface area contributed by atoms with E-state index in [1.54, 1.807) is 0 Å². The Morgan fingerprint density at radius 1 is 1.70 bits per heavy atom. The Kier molecular flexibility index (Phi) is 6.11. The standard InChI is InChI=1S/C6H14N2O2/c1-6(8-5-10)4-7-2-3-9/h5-7,9H,2-4H2,1H3,(H,8,10). The van der Waals surface area contributed by atoms with E-state index in [-0.39, 0.29) is 12.6 Å². The maximum absolute atomic E-state index is 9.86. The van der Waals surface area contributed by atoms with Crippen molar-refractivity contribution in [2.24, 2.45) is 0 Å². The number of aliphatic hydroxyl groups excluding tert-OH is 1. The van der Waals surface area contributed by atoms with E-state index in [4.69, 9.17) is 5.11 Å². The lowest BCUT2D eigenvalue weighted by Gasteiger charge is -2.09.